The predicted molar refractivity (Wildman–Crippen MR) is 142 cm³/mol. The first kappa shape index (κ1) is 27.1. The van der Waals surface area contributed by atoms with Crippen LogP contribution < -0.4 is 20.3 Å². The Morgan fingerprint density at radius 1 is 0.973 bits per heavy atom. The molecule has 0 spiro atoms. The summed E-state index contributed by atoms with van der Waals surface area (Å²) in [4.78, 5) is 29.1. The molecular weight excluding hydrogens is 494 g/mol. The zero-order chi connectivity index (χ0) is 26.3. The highest BCUT2D eigenvalue weighted by Gasteiger charge is 2.26. The van der Waals surface area contributed by atoms with Gasteiger partial charge >= 0.3 is 5.97 Å². The van der Waals surface area contributed by atoms with Gasteiger partial charge in [-0.3, -0.25) is 14.5 Å². The number of nitrogens with one attached hydrogen (secondary N) is 3. The van der Waals surface area contributed by atoms with Crippen molar-refractivity contribution in [3.05, 3.63) is 65.7 Å². The fourth-order valence-corrected chi connectivity index (χ4v) is 6.20. The van der Waals surface area contributed by atoms with Crippen molar-refractivity contribution in [3.63, 3.8) is 0 Å². The molecule has 4 N–H and O–H groups in total. The molecule has 2 aromatic carbocycles. The number of anilines is 1. The SMILES string of the molecule is O=C(NC[C@H](NS(=O)(=O)Cc1ccccc1)C(=O)O)c1ccc(N2CCN(C3CCNCC3)CC2)cc1. The van der Waals surface area contributed by atoms with Gasteiger partial charge in [0, 0.05) is 50.0 Å². The summed E-state index contributed by atoms with van der Waals surface area (Å²) in [5.74, 6) is -2.18. The molecule has 0 radical (unpaired) electrons. The highest BCUT2D eigenvalue weighted by atomic mass is 32.2. The van der Waals surface area contributed by atoms with Crippen molar-refractivity contribution in [2.75, 3.05) is 50.7 Å². The van der Waals surface area contributed by atoms with E-state index in [4.69, 9.17) is 0 Å². The summed E-state index contributed by atoms with van der Waals surface area (Å²) in [5.41, 5.74) is 1.96. The standard InChI is InChI=1S/C26H35N5O5S/c32-25(28-18-24(26(33)34)29-37(35,36)19-20-4-2-1-3-5-20)21-6-8-22(9-7-21)30-14-16-31(17-15-30)23-10-12-27-13-11-23/h1-9,23-24,27,29H,10-19H2,(H,28,32)(H,33,34)/t24-/m0/s1. The zero-order valence-electron chi connectivity index (χ0n) is 20.8. The number of amides is 1. The maximum Gasteiger partial charge on any atom is 0.323 e. The molecule has 2 saturated heterocycles. The van der Waals surface area contributed by atoms with Gasteiger partial charge in [-0.25, -0.2) is 8.42 Å². The molecule has 37 heavy (non-hydrogen) atoms. The van der Waals surface area contributed by atoms with E-state index in [0.717, 1.165) is 45.0 Å². The van der Waals surface area contributed by atoms with Crippen molar-refractivity contribution in [2.45, 2.75) is 30.7 Å². The number of rotatable bonds is 10. The van der Waals surface area contributed by atoms with Crippen LogP contribution in [-0.2, 0) is 20.6 Å². The Morgan fingerprint density at radius 2 is 1.62 bits per heavy atom. The van der Waals surface area contributed by atoms with Crippen molar-refractivity contribution in [1.29, 1.82) is 0 Å². The van der Waals surface area contributed by atoms with Gasteiger partial charge in [0.1, 0.15) is 6.04 Å². The van der Waals surface area contributed by atoms with Crippen LogP contribution in [0.1, 0.15) is 28.8 Å². The van der Waals surface area contributed by atoms with Crippen LogP contribution in [-0.4, -0.2) is 88.2 Å². The molecule has 200 valence electrons. The Bertz CT molecular complexity index is 1150. The number of benzene rings is 2. The maximum atomic E-state index is 12.6. The highest BCUT2D eigenvalue weighted by Crippen LogP contribution is 2.20. The molecule has 0 unspecified atom stereocenters. The number of aliphatic carboxylic acids is 1. The number of carbonyl (C=O) groups excluding carboxylic acids is 1. The second kappa shape index (κ2) is 12.5. The van der Waals surface area contributed by atoms with E-state index >= 15 is 0 Å². The number of hydrogen-bond acceptors (Lipinski definition) is 7. The third kappa shape index (κ3) is 7.75. The summed E-state index contributed by atoms with van der Waals surface area (Å²) in [7, 11) is -3.92. The number of carboxylic acids is 1. The largest absolute Gasteiger partial charge is 0.480 e. The van der Waals surface area contributed by atoms with Crippen LogP contribution in [0.3, 0.4) is 0 Å². The van der Waals surface area contributed by atoms with Gasteiger partial charge in [-0.2, -0.15) is 4.72 Å². The minimum atomic E-state index is -3.92. The zero-order valence-corrected chi connectivity index (χ0v) is 21.6. The molecule has 0 bridgehead atoms. The highest BCUT2D eigenvalue weighted by molar-refractivity contribution is 7.88. The fraction of sp³-hybridized carbons (Fsp3) is 0.462. The lowest BCUT2D eigenvalue weighted by Crippen LogP contribution is -2.52. The molecule has 2 heterocycles. The van der Waals surface area contributed by atoms with Crippen LogP contribution in [0, 0.1) is 0 Å². The molecule has 10 nitrogen and oxygen atoms in total. The average molecular weight is 530 g/mol. The van der Waals surface area contributed by atoms with Crippen LogP contribution in [0.2, 0.25) is 0 Å². The molecule has 2 fully saturated rings. The molecule has 0 saturated carbocycles. The first-order valence-corrected chi connectivity index (χ1v) is 14.3. The van der Waals surface area contributed by atoms with Crippen LogP contribution >= 0.6 is 0 Å². The van der Waals surface area contributed by atoms with E-state index in [-0.39, 0.29) is 12.3 Å². The van der Waals surface area contributed by atoms with E-state index in [2.05, 4.69) is 25.2 Å². The summed E-state index contributed by atoms with van der Waals surface area (Å²) >= 11 is 0. The minimum Gasteiger partial charge on any atom is -0.480 e. The van der Waals surface area contributed by atoms with Gasteiger partial charge in [-0.15, -0.1) is 0 Å². The Balaban J connectivity index is 1.27. The van der Waals surface area contributed by atoms with E-state index < -0.39 is 27.9 Å². The first-order chi connectivity index (χ1) is 17.8. The summed E-state index contributed by atoms with van der Waals surface area (Å²) in [6, 6.07) is 14.9. The van der Waals surface area contributed by atoms with Crippen molar-refractivity contribution in [2.24, 2.45) is 0 Å². The van der Waals surface area contributed by atoms with Gasteiger partial charge < -0.3 is 20.6 Å². The molecule has 11 heteroatoms. The van der Waals surface area contributed by atoms with E-state index in [1.165, 1.54) is 12.8 Å². The number of carboxylic acid groups (broad SMARTS) is 1. The Kier molecular flexibility index (Phi) is 9.14. The molecule has 2 aliphatic rings. The monoisotopic (exact) mass is 529 g/mol. The number of hydrogen-bond donors (Lipinski definition) is 4. The summed E-state index contributed by atoms with van der Waals surface area (Å²) in [6.45, 7) is 5.69. The number of sulfonamides is 1. The number of piperazine rings is 1. The molecule has 0 aliphatic carbocycles. The van der Waals surface area contributed by atoms with Crippen LogP contribution in [0.25, 0.3) is 0 Å². The van der Waals surface area contributed by atoms with Gasteiger partial charge in [-0.05, 0) is 55.8 Å². The number of nitrogens with zero attached hydrogens (tertiary/aromatic N) is 2. The average Bonchev–Trinajstić information content (AvgIpc) is 2.91. The third-order valence-corrected chi connectivity index (χ3v) is 8.28. The molecule has 1 atom stereocenters. The van der Waals surface area contributed by atoms with Crippen molar-refractivity contribution >= 4 is 27.6 Å². The lowest BCUT2D eigenvalue weighted by atomic mass is 10.0. The molecule has 2 aliphatic heterocycles. The van der Waals surface area contributed by atoms with Gasteiger partial charge in [0.25, 0.3) is 5.91 Å². The number of piperidine rings is 1. The van der Waals surface area contributed by atoms with Crippen LogP contribution in [0.5, 0.6) is 0 Å². The second-order valence-corrected chi connectivity index (χ2v) is 11.3. The maximum absolute atomic E-state index is 12.6. The molecule has 0 aromatic heterocycles. The van der Waals surface area contributed by atoms with E-state index in [9.17, 15) is 23.1 Å². The smallest absolute Gasteiger partial charge is 0.323 e. The van der Waals surface area contributed by atoms with Crippen LogP contribution in [0.15, 0.2) is 54.6 Å². The van der Waals surface area contributed by atoms with Crippen LogP contribution in [0.4, 0.5) is 5.69 Å². The third-order valence-electron chi connectivity index (χ3n) is 6.92. The van der Waals surface area contributed by atoms with Gasteiger partial charge in [0.2, 0.25) is 10.0 Å². The van der Waals surface area contributed by atoms with Crippen molar-refractivity contribution in [1.82, 2.24) is 20.3 Å². The fourth-order valence-electron chi connectivity index (χ4n) is 4.87. The Hall–Kier alpha value is -2.99. The normalized spacial score (nSPS) is 18.3. The quantitative estimate of drug-likeness (QED) is 0.357. The summed E-state index contributed by atoms with van der Waals surface area (Å²) in [6.07, 6.45) is 2.39. The lowest BCUT2D eigenvalue weighted by molar-refractivity contribution is -0.138. The number of carbonyl (C=O) groups is 2. The van der Waals surface area contributed by atoms with E-state index in [1.807, 2.05) is 12.1 Å². The van der Waals surface area contributed by atoms with Gasteiger partial charge in [0.15, 0.2) is 0 Å². The van der Waals surface area contributed by atoms with E-state index in [1.54, 1.807) is 42.5 Å². The first-order valence-electron chi connectivity index (χ1n) is 12.7. The molecule has 4 rings (SSSR count). The summed E-state index contributed by atoms with van der Waals surface area (Å²) in [5, 5.41) is 15.4. The van der Waals surface area contributed by atoms with Gasteiger partial charge in [0.05, 0.1) is 5.75 Å². The Labute approximate surface area is 218 Å². The van der Waals surface area contributed by atoms with E-state index in [0.29, 0.717) is 17.2 Å². The van der Waals surface area contributed by atoms with Crippen molar-refractivity contribution in [3.8, 4) is 0 Å². The molecule has 2 aromatic rings. The summed E-state index contributed by atoms with van der Waals surface area (Å²) < 4.78 is 27.0. The molecular formula is C26H35N5O5S. The molecule has 1 amide bonds. The minimum absolute atomic E-state index is 0.348. The van der Waals surface area contributed by atoms with Crippen molar-refractivity contribution < 1.29 is 23.1 Å². The topological polar surface area (TPSA) is 131 Å². The lowest BCUT2D eigenvalue weighted by Gasteiger charge is -2.41. The Morgan fingerprint density at radius 3 is 2.24 bits per heavy atom. The second-order valence-electron chi connectivity index (χ2n) is 9.51. The van der Waals surface area contributed by atoms with Gasteiger partial charge in [-0.1, -0.05) is 30.3 Å². The predicted octanol–water partition coefficient (Wildman–Crippen LogP) is 0.863.